The summed E-state index contributed by atoms with van der Waals surface area (Å²) in [5.74, 6) is 0.864. The van der Waals surface area contributed by atoms with Crippen molar-refractivity contribution < 1.29 is 28.4 Å². The molecule has 2 aromatic rings. The molecular formula is C20H25LiO2P+. The Hall–Kier alpha value is -1.06. The predicted octanol–water partition coefficient (Wildman–Crippen LogP) is 1.94. The van der Waals surface area contributed by atoms with E-state index in [-0.39, 0.29) is 39.1 Å². The van der Waals surface area contributed by atoms with Gasteiger partial charge in [0.05, 0.1) is 6.10 Å². The summed E-state index contributed by atoms with van der Waals surface area (Å²) in [5, 5.41) is 1.05. The smallest absolute Gasteiger partial charge is 0.491 e. The van der Waals surface area contributed by atoms with Crippen LogP contribution in [0.2, 0.25) is 0 Å². The van der Waals surface area contributed by atoms with Gasteiger partial charge in [0.1, 0.15) is 5.75 Å². The molecule has 24 heavy (non-hydrogen) atoms. The average Bonchev–Trinajstić information content (AvgIpc) is 2.48. The van der Waals surface area contributed by atoms with Crippen molar-refractivity contribution in [3.63, 3.8) is 0 Å². The van der Waals surface area contributed by atoms with Crippen LogP contribution in [0.4, 0.5) is 0 Å². The van der Waals surface area contributed by atoms with Gasteiger partial charge >= 0.3 is 18.9 Å². The summed E-state index contributed by atoms with van der Waals surface area (Å²) in [6, 6.07) is 12.1. The van der Waals surface area contributed by atoms with E-state index in [0.717, 1.165) is 34.2 Å². The van der Waals surface area contributed by atoms with Gasteiger partial charge in [-0.05, 0) is 71.3 Å². The zero-order valence-electron chi connectivity index (χ0n) is 15.6. The van der Waals surface area contributed by atoms with E-state index in [9.17, 15) is 4.79 Å². The third kappa shape index (κ3) is 5.49. The van der Waals surface area contributed by atoms with Crippen molar-refractivity contribution in [2.24, 2.45) is 0 Å². The van der Waals surface area contributed by atoms with Gasteiger partial charge in [-0.3, -0.25) is 4.79 Å². The van der Waals surface area contributed by atoms with Crippen LogP contribution in [0, 0.1) is 20.8 Å². The molecule has 0 radical (unpaired) electrons. The van der Waals surface area contributed by atoms with Crippen LogP contribution in [-0.4, -0.2) is 11.6 Å². The minimum atomic E-state index is 0. The van der Waals surface area contributed by atoms with Gasteiger partial charge in [-0.1, -0.05) is 36.8 Å². The van der Waals surface area contributed by atoms with Crippen molar-refractivity contribution >= 4 is 19.4 Å². The van der Waals surface area contributed by atoms with E-state index in [1.807, 2.05) is 38.1 Å². The summed E-state index contributed by atoms with van der Waals surface area (Å²) in [5.41, 5.74) is 4.41. The van der Waals surface area contributed by atoms with E-state index in [4.69, 9.17) is 4.74 Å². The fourth-order valence-electron chi connectivity index (χ4n) is 2.66. The van der Waals surface area contributed by atoms with E-state index < -0.39 is 0 Å². The maximum atomic E-state index is 12.7. The molecule has 2 aromatic carbocycles. The molecule has 0 aliphatic heterocycles. The minimum absolute atomic E-state index is 0. The Morgan fingerprint density at radius 3 is 2.12 bits per heavy atom. The summed E-state index contributed by atoms with van der Waals surface area (Å²) in [6.45, 7) is 10.3. The molecule has 2 rings (SSSR count). The van der Waals surface area contributed by atoms with Crippen molar-refractivity contribution in [2.75, 3.05) is 0 Å². The third-order valence-corrected chi connectivity index (χ3v) is 5.03. The second-order valence-electron chi connectivity index (χ2n) is 6.09. The molecule has 4 heteroatoms. The van der Waals surface area contributed by atoms with Gasteiger partial charge in [-0.2, -0.15) is 0 Å². The number of carbonyl (C=O) groups excluding carboxylic acids is 1. The Kier molecular flexibility index (Phi) is 8.24. The fraction of sp³-hybridized carbons (Fsp3) is 0.350. The number of hydrogen-bond donors (Lipinski definition) is 0. The van der Waals surface area contributed by atoms with Crippen molar-refractivity contribution in [1.82, 2.24) is 0 Å². The molecule has 2 atom stereocenters. The quantitative estimate of drug-likeness (QED) is 0.596. The molecule has 2 nitrogen and oxygen atoms in total. The molecule has 122 valence electrons. The molecule has 0 aliphatic carbocycles. The van der Waals surface area contributed by atoms with Gasteiger partial charge in [0.15, 0.2) is 5.52 Å². The second-order valence-corrected chi connectivity index (χ2v) is 7.37. The maximum absolute atomic E-state index is 12.7. The van der Waals surface area contributed by atoms with E-state index in [0.29, 0.717) is 0 Å². The van der Waals surface area contributed by atoms with Crippen LogP contribution in [0.5, 0.6) is 5.75 Å². The summed E-state index contributed by atoms with van der Waals surface area (Å²) in [7, 11) is 0.143. The molecule has 0 saturated carbocycles. The van der Waals surface area contributed by atoms with Gasteiger partial charge in [0.2, 0.25) is 0 Å². The van der Waals surface area contributed by atoms with Gasteiger partial charge in [-0.15, -0.1) is 0 Å². The van der Waals surface area contributed by atoms with Crippen LogP contribution in [0.3, 0.4) is 0 Å². The molecule has 0 aliphatic rings. The average molecular weight is 335 g/mol. The fourth-order valence-corrected chi connectivity index (χ4v) is 3.78. The van der Waals surface area contributed by atoms with Crippen LogP contribution in [-0.2, 0) is 0 Å². The normalized spacial score (nSPS) is 12.0. The number of ether oxygens (including phenoxy) is 1. The van der Waals surface area contributed by atoms with Crippen LogP contribution in [0.25, 0.3) is 0 Å². The Labute approximate surface area is 159 Å². The van der Waals surface area contributed by atoms with E-state index in [1.165, 1.54) is 5.56 Å². The van der Waals surface area contributed by atoms with Crippen LogP contribution in [0.1, 0.15) is 47.3 Å². The molecule has 0 amide bonds. The molecule has 0 saturated heterocycles. The van der Waals surface area contributed by atoms with E-state index >= 15 is 0 Å². The molecule has 0 N–H and O–H groups in total. The summed E-state index contributed by atoms with van der Waals surface area (Å²) >= 11 is 0. The molecular weight excluding hydrogens is 310 g/mol. The van der Waals surface area contributed by atoms with Crippen molar-refractivity contribution in [3.8, 4) is 5.75 Å². The Bertz CT molecular complexity index is 672. The molecule has 0 bridgehead atoms. The van der Waals surface area contributed by atoms with Crippen LogP contribution >= 0.6 is 8.58 Å². The number of carbonyl (C=O) groups is 1. The monoisotopic (exact) mass is 335 g/mol. The molecule has 0 fully saturated rings. The Morgan fingerprint density at radius 2 is 1.62 bits per heavy atom. The van der Waals surface area contributed by atoms with Crippen LogP contribution in [0.15, 0.2) is 36.4 Å². The zero-order chi connectivity index (χ0) is 17.0. The third-order valence-electron chi connectivity index (χ3n) is 3.93. The first-order valence-corrected chi connectivity index (χ1v) is 9.06. The largest absolute Gasteiger partial charge is 1.00 e. The topological polar surface area (TPSA) is 26.3 Å². The first-order valence-electron chi connectivity index (χ1n) is 8.06. The zero-order valence-corrected chi connectivity index (χ0v) is 16.6. The van der Waals surface area contributed by atoms with E-state index in [1.54, 1.807) is 0 Å². The first kappa shape index (κ1) is 21.0. The minimum Gasteiger partial charge on any atom is -0.491 e. The summed E-state index contributed by atoms with van der Waals surface area (Å²) in [4.78, 5) is 12.7. The maximum Gasteiger partial charge on any atom is 1.00 e. The van der Waals surface area contributed by atoms with Gasteiger partial charge < -0.3 is 4.74 Å². The molecule has 0 aromatic heterocycles. The van der Waals surface area contributed by atoms with Gasteiger partial charge in [0, 0.05) is 5.56 Å². The number of hydrogen-bond acceptors (Lipinski definition) is 2. The predicted molar refractivity (Wildman–Crippen MR) is 99.8 cm³/mol. The second kappa shape index (κ2) is 9.43. The van der Waals surface area contributed by atoms with Crippen molar-refractivity contribution in [1.29, 1.82) is 0 Å². The Balaban J connectivity index is 0.00000288. The first-order chi connectivity index (χ1) is 10.9. The Morgan fingerprint density at radius 1 is 1.08 bits per heavy atom. The standard InChI is InChI=1S/C20H25O2P.Li/c1-6-16(5)22-17-7-9-18(10-8-17)23-20(21)19-14(3)11-13(2)12-15(19)4;/h7-12,16,23H,6H2,1-5H3;/q;+1. The SMILES string of the molecule is CCC(C)Oc1ccc(PC(=O)c2c(C)cc(C)cc2C)cc1.[Li+]. The molecule has 0 heterocycles. The van der Waals surface area contributed by atoms with Crippen LogP contribution < -0.4 is 28.9 Å². The number of aryl methyl sites for hydroxylation is 3. The summed E-state index contributed by atoms with van der Waals surface area (Å²) < 4.78 is 5.78. The number of rotatable bonds is 6. The van der Waals surface area contributed by atoms with Gasteiger partial charge in [0.25, 0.3) is 0 Å². The molecule has 2 unspecified atom stereocenters. The van der Waals surface area contributed by atoms with Gasteiger partial charge in [-0.25, -0.2) is 0 Å². The van der Waals surface area contributed by atoms with Crippen molar-refractivity contribution in [2.45, 2.75) is 47.1 Å². The number of benzene rings is 2. The van der Waals surface area contributed by atoms with Crippen molar-refractivity contribution in [3.05, 3.63) is 58.7 Å². The molecule has 0 spiro atoms. The summed E-state index contributed by atoms with van der Waals surface area (Å²) in [6.07, 6.45) is 1.19. The van der Waals surface area contributed by atoms with E-state index in [2.05, 4.69) is 32.9 Å².